The Morgan fingerprint density at radius 2 is 2.06 bits per heavy atom. The quantitative estimate of drug-likeness (QED) is 0.858. The summed E-state index contributed by atoms with van der Waals surface area (Å²) in [5.74, 6) is -0.291. The first-order valence-corrected chi connectivity index (χ1v) is 7.14. The molecular formula is C14H18BrNO2. The molecule has 0 unspecified atom stereocenters. The zero-order chi connectivity index (χ0) is 13.0. The molecule has 0 radical (unpaired) electrons. The maximum Gasteiger partial charge on any atom is 0.339 e. The van der Waals surface area contributed by atoms with E-state index in [0.717, 1.165) is 10.2 Å². The van der Waals surface area contributed by atoms with Crippen LogP contribution in [0.25, 0.3) is 0 Å². The maximum atomic E-state index is 11.7. The molecule has 1 aromatic rings. The summed E-state index contributed by atoms with van der Waals surface area (Å²) in [5, 5.41) is 3.47. The van der Waals surface area contributed by atoms with Crippen LogP contribution < -0.4 is 5.32 Å². The van der Waals surface area contributed by atoms with Gasteiger partial charge in [-0.2, -0.15) is 0 Å². The Labute approximate surface area is 116 Å². The van der Waals surface area contributed by atoms with Crippen LogP contribution in [0.3, 0.4) is 0 Å². The van der Waals surface area contributed by atoms with E-state index in [0.29, 0.717) is 11.6 Å². The summed E-state index contributed by atoms with van der Waals surface area (Å²) in [6.45, 7) is 0. The van der Waals surface area contributed by atoms with Gasteiger partial charge >= 0.3 is 5.97 Å². The van der Waals surface area contributed by atoms with E-state index < -0.39 is 0 Å². The highest BCUT2D eigenvalue weighted by atomic mass is 79.9. The van der Waals surface area contributed by atoms with E-state index in [1.807, 2.05) is 12.1 Å². The Kier molecular flexibility index (Phi) is 4.64. The average molecular weight is 312 g/mol. The topological polar surface area (TPSA) is 38.3 Å². The minimum absolute atomic E-state index is 0.291. The van der Waals surface area contributed by atoms with Crippen molar-refractivity contribution in [2.45, 2.75) is 38.1 Å². The van der Waals surface area contributed by atoms with Crippen LogP contribution >= 0.6 is 15.9 Å². The first kappa shape index (κ1) is 13.4. The molecule has 1 N–H and O–H groups in total. The number of carbonyl (C=O) groups is 1. The van der Waals surface area contributed by atoms with E-state index in [2.05, 4.69) is 21.2 Å². The van der Waals surface area contributed by atoms with Crippen LogP contribution in [-0.2, 0) is 4.74 Å². The van der Waals surface area contributed by atoms with Gasteiger partial charge in [0, 0.05) is 10.5 Å². The Morgan fingerprint density at radius 1 is 1.33 bits per heavy atom. The summed E-state index contributed by atoms with van der Waals surface area (Å²) in [6.07, 6.45) is 6.19. The maximum absolute atomic E-state index is 11.7. The zero-order valence-corrected chi connectivity index (χ0v) is 12.1. The lowest BCUT2D eigenvalue weighted by Crippen LogP contribution is -2.23. The van der Waals surface area contributed by atoms with Crippen molar-refractivity contribution in [3.63, 3.8) is 0 Å². The van der Waals surface area contributed by atoms with E-state index >= 15 is 0 Å². The van der Waals surface area contributed by atoms with Gasteiger partial charge in [0.15, 0.2) is 0 Å². The van der Waals surface area contributed by atoms with Gasteiger partial charge in [-0.15, -0.1) is 0 Å². The minimum atomic E-state index is -0.291. The van der Waals surface area contributed by atoms with Crippen LogP contribution in [0.5, 0.6) is 0 Å². The van der Waals surface area contributed by atoms with Crippen molar-refractivity contribution in [3.8, 4) is 0 Å². The molecule has 18 heavy (non-hydrogen) atoms. The van der Waals surface area contributed by atoms with Gasteiger partial charge in [-0.3, -0.25) is 0 Å². The van der Waals surface area contributed by atoms with E-state index in [1.54, 1.807) is 6.07 Å². The van der Waals surface area contributed by atoms with Crippen molar-refractivity contribution >= 4 is 27.6 Å². The highest BCUT2D eigenvalue weighted by Crippen LogP contribution is 2.26. The number of rotatable bonds is 3. The summed E-state index contributed by atoms with van der Waals surface area (Å²) in [6, 6.07) is 6.07. The van der Waals surface area contributed by atoms with E-state index in [1.165, 1.54) is 39.2 Å². The minimum Gasteiger partial charge on any atom is -0.465 e. The third-order valence-electron chi connectivity index (χ3n) is 3.35. The molecule has 0 aliphatic heterocycles. The van der Waals surface area contributed by atoms with Crippen molar-refractivity contribution in [1.29, 1.82) is 0 Å². The fourth-order valence-electron chi connectivity index (χ4n) is 2.39. The zero-order valence-electron chi connectivity index (χ0n) is 10.5. The highest BCUT2D eigenvalue weighted by molar-refractivity contribution is 9.10. The first-order valence-electron chi connectivity index (χ1n) is 6.35. The predicted octanol–water partition coefficient (Wildman–Crippen LogP) is 3.98. The molecule has 0 heterocycles. The number of ether oxygens (including phenoxy) is 1. The molecule has 3 nitrogen and oxygen atoms in total. The third kappa shape index (κ3) is 3.25. The molecule has 1 aliphatic rings. The van der Waals surface area contributed by atoms with Gasteiger partial charge in [0.2, 0.25) is 0 Å². The van der Waals surface area contributed by atoms with Crippen LogP contribution in [0.2, 0.25) is 0 Å². The summed E-state index contributed by atoms with van der Waals surface area (Å²) in [7, 11) is 1.41. The van der Waals surface area contributed by atoms with Gasteiger partial charge in [-0.05, 0) is 31.0 Å². The van der Waals surface area contributed by atoms with Crippen molar-refractivity contribution < 1.29 is 9.53 Å². The van der Waals surface area contributed by atoms with Crippen LogP contribution in [0.4, 0.5) is 5.69 Å². The van der Waals surface area contributed by atoms with Crippen molar-refractivity contribution in [2.75, 3.05) is 12.4 Å². The molecule has 0 aromatic heterocycles. The molecule has 98 valence electrons. The molecule has 1 saturated carbocycles. The van der Waals surface area contributed by atoms with Gasteiger partial charge < -0.3 is 10.1 Å². The average Bonchev–Trinajstić information content (AvgIpc) is 2.39. The van der Waals surface area contributed by atoms with Gasteiger partial charge in [-0.25, -0.2) is 4.79 Å². The molecule has 0 amide bonds. The largest absolute Gasteiger partial charge is 0.465 e. The number of esters is 1. The number of halogens is 1. The highest BCUT2D eigenvalue weighted by Gasteiger charge is 2.17. The van der Waals surface area contributed by atoms with E-state index in [4.69, 9.17) is 4.74 Å². The monoisotopic (exact) mass is 311 g/mol. The predicted molar refractivity (Wildman–Crippen MR) is 76.0 cm³/mol. The van der Waals surface area contributed by atoms with Gasteiger partial charge in [0.1, 0.15) is 0 Å². The van der Waals surface area contributed by atoms with Crippen molar-refractivity contribution in [1.82, 2.24) is 0 Å². The van der Waals surface area contributed by atoms with E-state index in [9.17, 15) is 4.79 Å². The SMILES string of the molecule is COC(=O)c1ccc(Br)cc1NC1CCCCC1. The molecule has 0 saturated heterocycles. The second kappa shape index (κ2) is 6.23. The second-order valence-corrected chi connectivity index (χ2v) is 5.58. The smallest absolute Gasteiger partial charge is 0.339 e. The van der Waals surface area contributed by atoms with Crippen molar-refractivity contribution in [3.05, 3.63) is 28.2 Å². The Bertz CT molecular complexity index is 428. The lowest BCUT2D eigenvalue weighted by atomic mass is 9.95. The molecule has 1 fully saturated rings. The van der Waals surface area contributed by atoms with Crippen LogP contribution in [0, 0.1) is 0 Å². The fourth-order valence-corrected chi connectivity index (χ4v) is 2.75. The number of nitrogens with one attached hydrogen (secondary N) is 1. The molecule has 1 aliphatic carbocycles. The summed E-state index contributed by atoms with van der Waals surface area (Å²) in [4.78, 5) is 11.7. The number of hydrogen-bond donors (Lipinski definition) is 1. The van der Waals surface area contributed by atoms with Gasteiger partial charge in [-0.1, -0.05) is 35.2 Å². The third-order valence-corrected chi connectivity index (χ3v) is 3.84. The molecule has 0 atom stereocenters. The summed E-state index contributed by atoms with van der Waals surface area (Å²) >= 11 is 3.44. The number of benzene rings is 1. The number of carbonyl (C=O) groups excluding carboxylic acids is 1. The molecule has 0 bridgehead atoms. The standard InChI is InChI=1S/C14H18BrNO2/c1-18-14(17)12-8-7-10(15)9-13(12)16-11-5-3-2-4-6-11/h7-9,11,16H,2-6H2,1H3. The molecule has 0 spiro atoms. The lowest BCUT2D eigenvalue weighted by Gasteiger charge is -2.25. The normalized spacial score (nSPS) is 16.3. The molecule has 2 rings (SSSR count). The lowest BCUT2D eigenvalue weighted by molar-refractivity contribution is 0.0602. The molecular weight excluding hydrogens is 294 g/mol. The van der Waals surface area contributed by atoms with Crippen molar-refractivity contribution in [2.24, 2.45) is 0 Å². The van der Waals surface area contributed by atoms with Gasteiger partial charge in [0.25, 0.3) is 0 Å². The van der Waals surface area contributed by atoms with Crippen LogP contribution in [0.15, 0.2) is 22.7 Å². The molecule has 4 heteroatoms. The Hall–Kier alpha value is -1.03. The molecule has 1 aromatic carbocycles. The summed E-state index contributed by atoms with van der Waals surface area (Å²) in [5.41, 5.74) is 1.47. The van der Waals surface area contributed by atoms with E-state index in [-0.39, 0.29) is 5.97 Å². The fraction of sp³-hybridized carbons (Fsp3) is 0.500. The van der Waals surface area contributed by atoms with Crippen LogP contribution in [-0.4, -0.2) is 19.1 Å². The van der Waals surface area contributed by atoms with Gasteiger partial charge in [0.05, 0.1) is 18.4 Å². The summed E-state index contributed by atoms with van der Waals surface area (Å²) < 4.78 is 5.78. The number of methoxy groups -OCH3 is 1. The van der Waals surface area contributed by atoms with Crippen LogP contribution in [0.1, 0.15) is 42.5 Å². The number of hydrogen-bond acceptors (Lipinski definition) is 3. The Morgan fingerprint density at radius 3 is 2.72 bits per heavy atom. The number of anilines is 1. The Balaban J connectivity index is 2.18. The second-order valence-electron chi connectivity index (χ2n) is 4.66. The first-order chi connectivity index (χ1) is 8.70.